The Bertz CT molecular complexity index is 237. The van der Waals surface area contributed by atoms with Gasteiger partial charge in [0, 0.05) is 19.4 Å². The Hall–Kier alpha value is -0.780. The Morgan fingerprint density at radius 1 is 1.41 bits per heavy atom. The second-order valence-electron chi connectivity index (χ2n) is 4.47. The molecule has 1 heterocycles. The quantitative estimate of drug-likeness (QED) is 0.708. The molecule has 1 fully saturated rings. The molecule has 17 heavy (non-hydrogen) atoms. The summed E-state index contributed by atoms with van der Waals surface area (Å²) < 4.78 is 35.4. The Morgan fingerprint density at radius 3 is 2.76 bits per heavy atom. The first-order chi connectivity index (χ1) is 7.97. The SMILES string of the molecule is O=C(CCC1CCNC1)NCCCC(F)(F)F. The van der Waals surface area contributed by atoms with E-state index in [0.29, 0.717) is 12.3 Å². The van der Waals surface area contributed by atoms with Crippen molar-refractivity contribution >= 4 is 5.91 Å². The fraction of sp³-hybridized carbons (Fsp3) is 0.909. The number of carbonyl (C=O) groups excluding carboxylic acids is 1. The smallest absolute Gasteiger partial charge is 0.356 e. The van der Waals surface area contributed by atoms with Gasteiger partial charge < -0.3 is 10.6 Å². The zero-order chi connectivity index (χ0) is 12.7. The Kier molecular flexibility index (Phi) is 5.74. The summed E-state index contributed by atoms with van der Waals surface area (Å²) in [7, 11) is 0. The molecule has 1 unspecified atom stereocenters. The van der Waals surface area contributed by atoms with Crippen LogP contribution in [0.15, 0.2) is 0 Å². The predicted molar refractivity (Wildman–Crippen MR) is 58.5 cm³/mol. The van der Waals surface area contributed by atoms with Gasteiger partial charge in [-0.15, -0.1) is 0 Å². The molecule has 0 radical (unpaired) electrons. The highest BCUT2D eigenvalue weighted by molar-refractivity contribution is 5.75. The molecule has 1 aliphatic heterocycles. The van der Waals surface area contributed by atoms with Gasteiger partial charge in [-0.25, -0.2) is 0 Å². The molecule has 0 aliphatic carbocycles. The zero-order valence-corrected chi connectivity index (χ0v) is 9.78. The van der Waals surface area contributed by atoms with E-state index in [1.807, 2.05) is 0 Å². The third-order valence-electron chi connectivity index (χ3n) is 2.90. The van der Waals surface area contributed by atoms with Gasteiger partial charge in [-0.05, 0) is 38.3 Å². The Morgan fingerprint density at radius 2 is 2.18 bits per heavy atom. The summed E-state index contributed by atoms with van der Waals surface area (Å²) in [6, 6.07) is 0. The van der Waals surface area contributed by atoms with E-state index in [2.05, 4.69) is 10.6 Å². The van der Waals surface area contributed by atoms with E-state index in [-0.39, 0.29) is 18.9 Å². The van der Waals surface area contributed by atoms with E-state index in [4.69, 9.17) is 0 Å². The molecule has 2 N–H and O–H groups in total. The molecule has 1 amide bonds. The molecule has 100 valence electrons. The van der Waals surface area contributed by atoms with Crippen LogP contribution in [-0.4, -0.2) is 31.7 Å². The first kappa shape index (κ1) is 14.3. The molecule has 0 aromatic heterocycles. The normalized spacial score (nSPS) is 20.5. The molecule has 0 bridgehead atoms. The van der Waals surface area contributed by atoms with E-state index in [0.717, 1.165) is 25.9 Å². The van der Waals surface area contributed by atoms with Crippen LogP contribution in [0, 0.1) is 5.92 Å². The molecular formula is C11H19F3N2O. The summed E-state index contributed by atoms with van der Waals surface area (Å²) in [6.07, 6.45) is -2.68. The van der Waals surface area contributed by atoms with Gasteiger partial charge in [0.1, 0.15) is 0 Å². The van der Waals surface area contributed by atoms with Crippen LogP contribution in [0.5, 0.6) is 0 Å². The number of alkyl halides is 3. The third kappa shape index (κ3) is 7.20. The van der Waals surface area contributed by atoms with Gasteiger partial charge in [-0.2, -0.15) is 13.2 Å². The zero-order valence-electron chi connectivity index (χ0n) is 9.78. The maximum Gasteiger partial charge on any atom is 0.389 e. The van der Waals surface area contributed by atoms with Crippen molar-refractivity contribution in [3.05, 3.63) is 0 Å². The number of nitrogens with one attached hydrogen (secondary N) is 2. The van der Waals surface area contributed by atoms with Crippen molar-refractivity contribution in [2.45, 2.75) is 38.3 Å². The first-order valence-electron chi connectivity index (χ1n) is 6.01. The van der Waals surface area contributed by atoms with Crippen LogP contribution in [0.1, 0.15) is 32.1 Å². The number of carbonyl (C=O) groups is 1. The molecule has 0 spiro atoms. The van der Waals surface area contributed by atoms with Crippen LogP contribution < -0.4 is 10.6 Å². The standard InChI is InChI=1S/C11H19F3N2O/c12-11(13,14)5-1-6-16-10(17)3-2-9-4-7-15-8-9/h9,15H,1-8H2,(H,16,17). The number of halogens is 3. The molecule has 0 aromatic carbocycles. The van der Waals surface area contributed by atoms with Gasteiger partial charge >= 0.3 is 6.18 Å². The summed E-state index contributed by atoms with van der Waals surface area (Å²) in [5.74, 6) is 0.398. The summed E-state index contributed by atoms with van der Waals surface area (Å²) in [5, 5.41) is 5.73. The average Bonchev–Trinajstić information content (AvgIpc) is 2.73. The molecule has 0 saturated carbocycles. The van der Waals surface area contributed by atoms with Gasteiger partial charge in [0.25, 0.3) is 0 Å². The first-order valence-corrected chi connectivity index (χ1v) is 6.01. The second-order valence-corrected chi connectivity index (χ2v) is 4.47. The molecule has 1 aliphatic rings. The fourth-order valence-electron chi connectivity index (χ4n) is 1.90. The lowest BCUT2D eigenvalue weighted by atomic mass is 10.0. The van der Waals surface area contributed by atoms with Gasteiger partial charge in [0.2, 0.25) is 5.91 Å². The summed E-state index contributed by atoms with van der Waals surface area (Å²) in [5.41, 5.74) is 0. The van der Waals surface area contributed by atoms with Crippen molar-refractivity contribution < 1.29 is 18.0 Å². The van der Waals surface area contributed by atoms with Gasteiger partial charge in [0.15, 0.2) is 0 Å². The van der Waals surface area contributed by atoms with E-state index < -0.39 is 12.6 Å². The highest BCUT2D eigenvalue weighted by atomic mass is 19.4. The van der Waals surface area contributed by atoms with Gasteiger partial charge in [-0.3, -0.25) is 4.79 Å². The maximum absolute atomic E-state index is 11.8. The Labute approximate surface area is 99.1 Å². The minimum absolute atomic E-state index is 0.0414. The third-order valence-corrected chi connectivity index (χ3v) is 2.90. The second kappa shape index (κ2) is 6.83. The van der Waals surface area contributed by atoms with Crippen LogP contribution in [-0.2, 0) is 4.79 Å². The lowest BCUT2D eigenvalue weighted by Crippen LogP contribution is -2.26. The monoisotopic (exact) mass is 252 g/mol. The molecule has 6 heteroatoms. The highest BCUT2D eigenvalue weighted by Gasteiger charge is 2.26. The number of hydrogen-bond acceptors (Lipinski definition) is 2. The van der Waals surface area contributed by atoms with E-state index in [1.54, 1.807) is 0 Å². The highest BCUT2D eigenvalue weighted by Crippen LogP contribution is 2.20. The van der Waals surface area contributed by atoms with Crippen molar-refractivity contribution in [2.24, 2.45) is 5.92 Å². The number of hydrogen-bond donors (Lipinski definition) is 2. The minimum atomic E-state index is -4.12. The lowest BCUT2D eigenvalue weighted by Gasteiger charge is -2.09. The van der Waals surface area contributed by atoms with Crippen LogP contribution in [0.25, 0.3) is 0 Å². The van der Waals surface area contributed by atoms with E-state index in [9.17, 15) is 18.0 Å². The molecule has 1 rings (SSSR count). The van der Waals surface area contributed by atoms with Crippen molar-refractivity contribution in [2.75, 3.05) is 19.6 Å². The largest absolute Gasteiger partial charge is 0.389 e. The molecule has 3 nitrogen and oxygen atoms in total. The van der Waals surface area contributed by atoms with Crippen LogP contribution >= 0.6 is 0 Å². The predicted octanol–water partition coefficient (Wildman–Crippen LogP) is 1.83. The topological polar surface area (TPSA) is 41.1 Å². The van der Waals surface area contributed by atoms with E-state index in [1.165, 1.54) is 0 Å². The Balaban J connectivity index is 1.97. The molecular weight excluding hydrogens is 233 g/mol. The van der Waals surface area contributed by atoms with Crippen molar-refractivity contribution in [1.82, 2.24) is 10.6 Å². The summed E-state index contributed by atoms with van der Waals surface area (Å²) in [4.78, 5) is 11.3. The van der Waals surface area contributed by atoms with Crippen LogP contribution in [0.4, 0.5) is 13.2 Å². The van der Waals surface area contributed by atoms with Crippen molar-refractivity contribution in [3.63, 3.8) is 0 Å². The minimum Gasteiger partial charge on any atom is -0.356 e. The van der Waals surface area contributed by atoms with Gasteiger partial charge in [-0.1, -0.05) is 0 Å². The van der Waals surface area contributed by atoms with Crippen LogP contribution in [0.2, 0.25) is 0 Å². The molecule has 1 atom stereocenters. The maximum atomic E-state index is 11.8. The number of amides is 1. The summed E-state index contributed by atoms with van der Waals surface area (Å²) >= 11 is 0. The van der Waals surface area contributed by atoms with Crippen molar-refractivity contribution in [3.8, 4) is 0 Å². The average molecular weight is 252 g/mol. The fourth-order valence-corrected chi connectivity index (χ4v) is 1.90. The summed E-state index contributed by atoms with van der Waals surface area (Å²) in [6.45, 7) is 2.06. The van der Waals surface area contributed by atoms with Gasteiger partial charge in [0.05, 0.1) is 0 Å². The number of rotatable bonds is 6. The van der Waals surface area contributed by atoms with E-state index >= 15 is 0 Å². The molecule has 0 aromatic rings. The molecule has 1 saturated heterocycles. The van der Waals surface area contributed by atoms with Crippen LogP contribution in [0.3, 0.4) is 0 Å². The lowest BCUT2D eigenvalue weighted by molar-refractivity contribution is -0.136. The van der Waals surface area contributed by atoms with Crippen molar-refractivity contribution in [1.29, 1.82) is 0 Å².